The lowest BCUT2D eigenvalue weighted by Crippen LogP contribution is -1.89. The van der Waals surface area contributed by atoms with Gasteiger partial charge in [0.25, 0.3) is 0 Å². The molecule has 0 heterocycles. The summed E-state index contributed by atoms with van der Waals surface area (Å²) < 4.78 is 1.96. The molecular formula is C16H12BrIO2. The Kier molecular flexibility index (Phi) is 5.37. The van der Waals surface area contributed by atoms with Crippen LogP contribution < -0.4 is 0 Å². The van der Waals surface area contributed by atoms with Gasteiger partial charge in [-0.05, 0) is 64.4 Å². The zero-order valence-electron chi connectivity index (χ0n) is 10.5. The van der Waals surface area contributed by atoms with Crippen molar-refractivity contribution in [2.75, 3.05) is 0 Å². The predicted octanol–water partition coefficient (Wildman–Crippen LogP) is 4.58. The van der Waals surface area contributed by atoms with Crippen molar-refractivity contribution < 1.29 is 9.90 Å². The molecule has 2 aromatic rings. The van der Waals surface area contributed by atoms with Gasteiger partial charge in [0.15, 0.2) is 0 Å². The van der Waals surface area contributed by atoms with Crippen LogP contribution in [0.15, 0.2) is 53.0 Å². The topological polar surface area (TPSA) is 37.3 Å². The molecular weight excluding hydrogens is 431 g/mol. The van der Waals surface area contributed by atoms with Gasteiger partial charge in [0.1, 0.15) is 12.0 Å². The van der Waals surface area contributed by atoms with Crippen LogP contribution in [0.1, 0.15) is 11.1 Å². The fourth-order valence-corrected chi connectivity index (χ4v) is 2.51. The Hall–Kier alpha value is -1.14. The summed E-state index contributed by atoms with van der Waals surface area (Å²) in [6.45, 7) is 0. The zero-order valence-corrected chi connectivity index (χ0v) is 14.3. The third kappa shape index (κ3) is 3.93. The zero-order chi connectivity index (χ0) is 14.5. The van der Waals surface area contributed by atoms with Crippen molar-refractivity contribution in [3.8, 4) is 5.75 Å². The van der Waals surface area contributed by atoms with Gasteiger partial charge in [0.05, 0.1) is 0 Å². The van der Waals surface area contributed by atoms with Crippen molar-refractivity contribution in [1.82, 2.24) is 0 Å². The first-order chi connectivity index (χ1) is 9.60. The van der Waals surface area contributed by atoms with E-state index in [4.69, 9.17) is 0 Å². The molecule has 4 heteroatoms. The minimum Gasteiger partial charge on any atom is -0.508 e. The summed E-state index contributed by atoms with van der Waals surface area (Å²) in [4.78, 5) is 11.2. The van der Waals surface area contributed by atoms with Crippen LogP contribution in [0.2, 0.25) is 0 Å². The molecule has 0 aliphatic carbocycles. The Balaban J connectivity index is 2.23. The first-order valence-electron chi connectivity index (χ1n) is 5.99. The Morgan fingerprint density at radius 2 is 1.90 bits per heavy atom. The second-order valence-electron chi connectivity index (χ2n) is 4.26. The summed E-state index contributed by atoms with van der Waals surface area (Å²) in [5.41, 5.74) is 2.30. The van der Waals surface area contributed by atoms with E-state index in [0.29, 0.717) is 12.0 Å². The maximum atomic E-state index is 11.2. The van der Waals surface area contributed by atoms with E-state index in [1.54, 1.807) is 6.07 Å². The van der Waals surface area contributed by atoms with Crippen LogP contribution in [-0.4, -0.2) is 11.4 Å². The minimum absolute atomic E-state index is 0.225. The number of allylic oxidation sites excluding steroid dienone is 2. The summed E-state index contributed by atoms with van der Waals surface area (Å²) in [5, 5.41) is 9.84. The fourth-order valence-electron chi connectivity index (χ4n) is 1.81. The van der Waals surface area contributed by atoms with E-state index in [1.165, 1.54) is 0 Å². The average Bonchev–Trinajstić information content (AvgIpc) is 2.43. The van der Waals surface area contributed by atoms with Gasteiger partial charge in [-0.3, -0.25) is 4.79 Å². The maximum absolute atomic E-state index is 11.2. The molecule has 2 rings (SSSR count). The molecule has 0 radical (unpaired) electrons. The van der Waals surface area contributed by atoms with Crippen LogP contribution in [0.4, 0.5) is 0 Å². The number of phenolic OH excluding ortho intramolecular Hbond substituents is 1. The molecule has 1 N–H and O–H groups in total. The Bertz CT molecular complexity index is 648. The largest absolute Gasteiger partial charge is 0.508 e. The maximum Gasteiger partial charge on any atom is 0.150 e. The van der Waals surface area contributed by atoms with Gasteiger partial charge in [-0.25, -0.2) is 0 Å². The van der Waals surface area contributed by atoms with E-state index in [-0.39, 0.29) is 5.75 Å². The van der Waals surface area contributed by atoms with Crippen molar-refractivity contribution in [2.45, 2.75) is 6.42 Å². The van der Waals surface area contributed by atoms with E-state index in [2.05, 4.69) is 38.5 Å². The summed E-state index contributed by atoms with van der Waals surface area (Å²) in [6.07, 6.45) is 3.19. The molecule has 0 bridgehead atoms. The number of carbonyl (C=O) groups is 1. The second kappa shape index (κ2) is 7.04. The molecule has 0 fully saturated rings. The number of halogens is 2. The van der Waals surface area contributed by atoms with Gasteiger partial charge in [-0.15, -0.1) is 0 Å². The molecule has 0 aliphatic heterocycles. The molecule has 20 heavy (non-hydrogen) atoms. The number of phenols is 1. The SMILES string of the molecule is O=C/C(=C/Cc1ccc(Br)cc1O)c1ccc(I)cc1. The average molecular weight is 443 g/mol. The van der Waals surface area contributed by atoms with Crippen LogP contribution >= 0.6 is 38.5 Å². The van der Waals surface area contributed by atoms with E-state index in [0.717, 1.165) is 25.5 Å². The monoisotopic (exact) mass is 442 g/mol. The molecule has 0 aliphatic rings. The van der Waals surface area contributed by atoms with Crippen molar-refractivity contribution in [2.24, 2.45) is 0 Å². The molecule has 0 saturated carbocycles. The minimum atomic E-state index is 0.225. The molecule has 2 aromatic carbocycles. The fraction of sp³-hybridized carbons (Fsp3) is 0.0625. The quantitative estimate of drug-likeness (QED) is 0.427. The van der Waals surface area contributed by atoms with Crippen LogP contribution in [0, 0.1) is 3.57 Å². The Morgan fingerprint density at radius 1 is 1.20 bits per heavy atom. The van der Waals surface area contributed by atoms with E-state index in [1.807, 2.05) is 42.5 Å². The first-order valence-corrected chi connectivity index (χ1v) is 7.86. The molecule has 2 nitrogen and oxygen atoms in total. The van der Waals surface area contributed by atoms with Crippen molar-refractivity contribution in [3.05, 3.63) is 67.7 Å². The molecule has 102 valence electrons. The molecule has 0 aromatic heterocycles. The van der Waals surface area contributed by atoms with Gasteiger partial charge in [-0.1, -0.05) is 40.2 Å². The predicted molar refractivity (Wildman–Crippen MR) is 92.7 cm³/mol. The van der Waals surface area contributed by atoms with Crippen LogP contribution in [0.3, 0.4) is 0 Å². The number of hydrogen-bond acceptors (Lipinski definition) is 2. The molecule has 0 unspecified atom stereocenters. The van der Waals surface area contributed by atoms with Gasteiger partial charge in [0.2, 0.25) is 0 Å². The third-order valence-electron chi connectivity index (χ3n) is 2.89. The van der Waals surface area contributed by atoms with Crippen LogP contribution in [0.25, 0.3) is 5.57 Å². The number of aromatic hydroxyl groups is 1. The summed E-state index contributed by atoms with van der Waals surface area (Å²) in [5.74, 6) is 0.225. The highest BCUT2D eigenvalue weighted by molar-refractivity contribution is 14.1. The third-order valence-corrected chi connectivity index (χ3v) is 4.11. The van der Waals surface area contributed by atoms with Crippen LogP contribution in [0.5, 0.6) is 5.75 Å². The molecule has 0 saturated heterocycles. The number of carbonyl (C=O) groups excluding carboxylic acids is 1. The van der Waals surface area contributed by atoms with Gasteiger partial charge < -0.3 is 5.11 Å². The number of hydrogen-bond donors (Lipinski definition) is 1. The molecule has 0 atom stereocenters. The molecule has 0 amide bonds. The lowest BCUT2D eigenvalue weighted by atomic mass is 10.0. The second-order valence-corrected chi connectivity index (χ2v) is 6.42. The van der Waals surface area contributed by atoms with Crippen molar-refractivity contribution in [3.63, 3.8) is 0 Å². The Labute approximate surface area is 139 Å². The summed E-state index contributed by atoms with van der Waals surface area (Å²) in [7, 11) is 0. The highest BCUT2D eigenvalue weighted by Gasteiger charge is 2.03. The molecule has 0 spiro atoms. The number of rotatable bonds is 4. The highest BCUT2D eigenvalue weighted by Crippen LogP contribution is 2.24. The number of benzene rings is 2. The Morgan fingerprint density at radius 3 is 2.50 bits per heavy atom. The summed E-state index contributed by atoms with van der Waals surface area (Å²) >= 11 is 5.53. The van der Waals surface area contributed by atoms with Crippen molar-refractivity contribution in [1.29, 1.82) is 0 Å². The van der Waals surface area contributed by atoms with Gasteiger partial charge in [-0.2, -0.15) is 0 Å². The number of aldehydes is 1. The normalized spacial score (nSPS) is 11.4. The summed E-state index contributed by atoms with van der Waals surface area (Å²) in [6, 6.07) is 13.1. The van der Waals surface area contributed by atoms with Crippen LogP contribution in [-0.2, 0) is 11.2 Å². The van der Waals surface area contributed by atoms with E-state index >= 15 is 0 Å². The van der Waals surface area contributed by atoms with Crippen molar-refractivity contribution >= 4 is 50.4 Å². The standard InChI is InChI=1S/C16H12BrIO2/c17-14-6-3-12(16(20)9-14)1-2-13(10-19)11-4-7-15(18)8-5-11/h2-10,20H,1H2/b13-2-. The van der Waals surface area contributed by atoms with E-state index < -0.39 is 0 Å². The lowest BCUT2D eigenvalue weighted by Gasteiger charge is -2.04. The highest BCUT2D eigenvalue weighted by atomic mass is 127. The first kappa shape index (κ1) is 15.3. The van der Waals surface area contributed by atoms with E-state index in [9.17, 15) is 9.90 Å². The van der Waals surface area contributed by atoms with Gasteiger partial charge in [0, 0.05) is 13.6 Å². The lowest BCUT2D eigenvalue weighted by molar-refractivity contribution is -0.103. The smallest absolute Gasteiger partial charge is 0.150 e. The van der Waals surface area contributed by atoms with Gasteiger partial charge >= 0.3 is 0 Å².